The van der Waals surface area contributed by atoms with Gasteiger partial charge in [-0.25, -0.2) is 4.98 Å². The number of hydrogen-bond acceptors (Lipinski definition) is 3. The highest BCUT2D eigenvalue weighted by Crippen LogP contribution is 2.24. The zero-order chi connectivity index (χ0) is 14.7. The van der Waals surface area contributed by atoms with Crippen molar-refractivity contribution in [3.63, 3.8) is 0 Å². The molecule has 1 aliphatic heterocycles. The normalized spacial score (nSPS) is 19.4. The third-order valence-corrected chi connectivity index (χ3v) is 5.10. The summed E-state index contributed by atoms with van der Waals surface area (Å²) in [6.07, 6.45) is 1.10. The highest BCUT2D eigenvalue weighted by Gasteiger charge is 2.24. The van der Waals surface area contributed by atoms with E-state index in [1.165, 1.54) is 0 Å². The molecule has 1 aliphatic rings. The van der Waals surface area contributed by atoms with Crippen LogP contribution in [0.5, 0.6) is 0 Å². The van der Waals surface area contributed by atoms with Crippen LogP contribution in [0.1, 0.15) is 49.2 Å². The van der Waals surface area contributed by atoms with E-state index in [4.69, 9.17) is 11.6 Å². The predicted octanol–water partition coefficient (Wildman–Crippen LogP) is 3.83. The van der Waals surface area contributed by atoms with Gasteiger partial charge in [0.2, 0.25) is 0 Å². The summed E-state index contributed by atoms with van der Waals surface area (Å²) in [6.45, 7) is 7.93. The minimum Gasteiger partial charge on any atom is -0.337 e. The quantitative estimate of drug-likeness (QED) is 0.795. The van der Waals surface area contributed by atoms with Crippen LogP contribution in [0.2, 0.25) is 5.15 Å². The van der Waals surface area contributed by atoms with Crippen molar-refractivity contribution in [1.82, 2.24) is 9.88 Å². The fourth-order valence-corrected chi connectivity index (χ4v) is 3.67. The van der Waals surface area contributed by atoms with Gasteiger partial charge in [-0.05, 0) is 24.5 Å². The van der Waals surface area contributed by atoms with Crippen LogP contribution < -0.4 is 0 Å². The van der Waals surface area contributed by atoms with Crippen LogP contribution in [0, 0.1) is 0 Å². The fraction of sp³-hybridized carbons (Fsp3) is 0.600. The maximum Gasteiger partial charge on any atom is 0.254 e. The van der Waals surface area contributed by atoms with E-state index in [1.54, 1.807) is 6.07 Å². The lowest BCUT2D eigenvalue weighted by atomic mass is 10.1. The number of carbonyl (C=O) groups excluding carboxylic acids is 1. The lowest BCUT2D eigenvalue weighted by Gasteiger charge is -2.32. The van der Waals surface area contributed by atoms with E-state index in [-0.39, 0.29) is 11.8 Å². The number of thioether (sulfide) groups is 1. The van der Waals surface area contributed by atoms with Gasteiger partial charge in [0, 0.05) is 35.3 Å². The zero-order valence-electron chi connectivity index (χ0n) is 12.2. The van der Waals surface area contributed by atoms with E-state index in [9.17, 15) is 4.79 Å². The molecule has 0 saturated carbocycles. The van der Waals surface area contributed by atoms with Gasteiger partial charge in [0.15, 0.2) is 0 Å². The van der Waals surface area contributed by atoms with E-state index in [0.717, 1.165) is 31.0 Å². The molecule has 110 valence electrons. The molecule has 2 heterocycles. The Labute approximate surface area is 130 Å². The van der Waals surface area contributed by atoms with Crippen molar-refractivity contribution in [2.75, 3.05) is 18.8 Å². The molecule has 3 nitrogen and oxygen atoms in total. The van der Waals surface area contributed by atoms with Gasteiger partial charge in [-0.1, -0.05) is 32.4 Å². The SMILES string of the molecule is CCC1CN(C(=O)c2cc(Cl)nc(C(C)C)c2)CCS1. The Morgan fingerprint density at radius 1 is 1.55 bits per heavy atom. The van der Waals surface area contributed by atoms with Crippen molar-refractivity contribution in [2.45, 2.75) is 38.4 Å². The van der Waals surface area contributed by atoms with Crippen LogP contribution >= 0.6 is 23.4 Å². The summed E-state index contributed by atoms with van der Waals surface area (Å²) in [5.74, 6) is 1.36. The summed E-state index contributed by atoms with van der Waals surface area (Å²) >= 11 is 8.01. The van der Waals surface area contributed by atoms with Crippen LogP contribution in [0.3, 0.4) is 0 Å². The summed E-state index contributed by atoms with van der Waals surface area (Å²) in [5.41, 5.74) is 1.54. The molecule has 0 bridgehead atoms. The van der Waals surface area contributed by atoms with Crippen molar-refractivity contribution in [1.29, 1.82) is 0 Å². The lowest BCUT2D eigenvalue weighted by Crippen LogP contribution is -2.41. The molecular formula is C15H21ClN2OS. The van der Waals surface area contributed by atoms with Gasteiger partial charge in [0.25, 0.3) is 5.91 Å². The predicted molar refractivity (Wildman–Crippen MR) is 85.8 cm³/mol. The number of hydrogen-bond donors (Lipinski definition) is 0. The molecule has 1 unspecified atom stereocenters. The maximum atomic E-state index is 12.6. The van der Waals surface area contributed by atoms with Crippen molar-refractivity contribution < 1.29 is 4.79 Å². The molecule has 0 radical (unpaired) electrons. The van der Waals surface area contributed by atoms with Crippen LogP contribution in [0.4, 0.5) is 0 Å². The Morgan fingerprint density at radius 2 is 2.30 bits per heavy atom. The number of nitrogens with zero attached hydrogens (tertiary/aromatic N) is 2. The molecule has 0 aromatic carbocycles. The minimum atomic E-state index is 0.0787. The second kappa shape index (κ2) is 6.81. The smallest absolute Gasteiger partial charge is 0.254 e. The summed E-state index contributed by atoms with van der Waals surface area (Å²) in [5, 5.41) is 0.951. The molecule has 1 saturated heterocycles. The highest BCUT2D eigenvalue weighted by molar-refractivity contribution is 8.00. The summed E-state index contributed by atoms with van der Waals surface area (Å²) in [6, 6.07) is 3.56. The largest absolute Gasteiger partial charge is 0.337 e. The van der Waals surface area contributed by atoms with Gasteiger partial charge in [-0.15, -0.1) is 0 Å². The first-order chi connectivity index (χ1) is 9.51. The number of pyridine rings is 1. The molecule has 1 aromatic rings. The molecule has 5 heteroatoms. The molecule has 1 atom stereocenters. The molecule has 2 rings (SSSR count). The number of aromatic nitrogens is 1. The molecule has 1 fully saturated rings. The third-order valence-electron chi connectivity index (χ3n) is 3.53. The van der Waals surface area contributed by atoms with Crippen LogP contribution in [0.25, 0.3) is 0 Å². The lowest BCUT2D eigenvalue weighted by molar-refractivity contribution is 0.0760. The number of amides is 1. The standard InChI is InChI=1S/C15H21ClN2OS/c1-4-12-9-18(5-6-20-12)15(19)11-7-13(10(2)3)17-14(16)8-11/h7-8,10,12H,4-6,9H2,1-3H3. The van der Waals surface area contributed by atoms with Crippen molar-refractivity contribution in [2.24, 2.45) is 0 Å². The Kier molecular flexibility index (Phi) is 5.33. The Bertz CT molecular complexity index is 493. The van der Waals surface area contributed by atoms with E-state index >= 15 is 0 Å². The number of carbonyl (C=O) groups is 1. The van der Waals surface area contributed by atoms with Crippen LogP contribution in [-0.2, 0) is 0 Å². The van der Waals surface area contributed by atoms with Gasteiger partial charge in [-0.2, -0.15) is 11.8 Å². The second-order valence-electron chi connectivity index (χ2n) is 5.41. The maximum absolute atomic E-state index is 12.6. The Morgan fingerprint density at radius 3 is 2.95 bits per heavy atom. The molecule has 0 aliphatic carbocycles. The summed E-state index contributed by atoms with van der Waals surface area (Å²) < 4.78 is 0. The van der Waals surface area contributed by atoms with Crippen LogP contribution in [-0.4, -0.2) is 39.9 Å². The van der Waals surface area contributed by atoms with E-state index < -0.39 is 0 Å². The molecule has 0 spiro atoms. The number of halogens is 1. The fourth-order valence-electron chi connectivity index (χ4n) is 2.27. The van der Waals surface area contributed by atoms with Gasteiger partial charge in [0.1, 0.15) is 5.15 Å². The molecule has 0 N–H and O–H groups in total. The second-order valence-corrected chi connectivity index (χ2v) is 7.21. The molecule has 20 heavy (non-hydrogen) atoms. The molecule has 1 amide bonds. The first-order valence-corrected chi connectivity index (χ1v) is 8.52. The molecule has 1 aromatic heterocycles. The monoisotopic (exact) mass is 312 g/mol. The summed E-state index contributed by atoms with van der Waals surface area (Å²) in [4.78, 5) is 18.8. The van der Waals surface area contributed by atoms with Crippen LogP contribution in [0.15, 0.2) is 12.1 Å². The van der Waals surface area contributed by atoms with E-state index in [2.05, 4.69) is 25.8 Å². The average Bonchev–Trinajstić information content (AvgIpc) is 2.45. The molecular weight excluding hydrogens is 292 g/mol. The van der Waals surface area contributed by atoms with E-state index in [0.29, 0.717) is 16.0 Å². The highest BCUT2D eigenvalue weighted by atomic mass is 35.5. The summed E-state index contributed by atoms with van der Waals surface area (Å²) in [7, 11) is 0. The Hall–Kier alpha value is -0.740. The minimum absolute atomic E-state index is 0.0787. The van der Waals surface area contributed by atoms with Crippen molar-refractivity contribution >= 4 is 29.3 Å². The Balaban J connectivity index is 2.20. The topological polar surface area (TPSA) is 33.2 Å². The number of rotatable bonds is 3. The van der Waals surface area contributed by atoms with E-state index in [1.807, 2.05) is 22.7 Å². The van der Waals surface area contributed by atoms with Crippen molar-refractivity contribution in [3.8, 4) is 0 Å². The first kappa shape index (κ1) is 15.6. The van der Waals surface area contributed by atoms with Gasteiger partial charge in [0.05, 0.1) is 0 Å². The zero-order valence-corrected chi connectivity index (χ0v) is 13.8. The average molecular weight is 313 g/mol. The van der Waals surface area contributed by atoms with Crippen molar-refractivity contribution in [3.05, 3.63) is 28.5 Å². The van der Waals surface area contributed by atoms with Gasteiger partial charge >= 0.3 is 0 Å². The van der Waals surface area contributed by atoms with Gasteiger partial charge < -0.3 is 4.90 Å². The third kappa shape index (κ3) is 3.67. The first-order valence-electron chi connectivity index (χ1n) is 7.09. The van der Waals surface area contributed by atoms with Gasteiger partial charge in [-0.3, -0.25) is 4.79 Å².